The predicted octanol–water partition coefficient (Wildman–Crippen LogP) is 1.54. The van der Waals surface area contributed by atoms with Crippen molar-refractivity contribution >= 4 is 33.2 Å². The van der Waals surface area contributed by atoms with E-state index in [0.29, 0.717) is 18.0 Å². The van der Waals surface area contributed by atoms with Crippen molar-refractivity contribution in [3.63, 3.8) is 0 Å². The standard InChI is InChI=1S/C19H23N3O4S2/c1-15(20-18(23)17-8-5-13-27-17)19(24)21-9-11-22(12-10-21)28(25,26)14-16-6-3-2-4-7-16/h2-8,13,15H,9-12,14H2,1H3,(H,20,23). The molecular formula is C19H23N3O4S2. The van der Waals surface area contributed by atoms with Crippen molar-refractivity contribution in [1.29, 1.82) is 0 Å². The molecule has 0 spiro atoms. The summed E-state index contributed by atoms with van der Waals surface area (Å²) in [4.78, 5) is 26.9. The second kappa shape index (κ2) is 8.85. The predicted molar refractivity (Wildman–Crippen MR) is 108 cm³/mol. The van der Waals surface area contributed by atoms with E-state index in [1.54, 1.807) is 41.5 Å². The van der Waals surface area contributed by atoms with Gasteiger partial charge in [0.1, 0.15) is 6.04 Å². The molecule has 9 heteroatoms. The van der Waals surface area contributed by atoms with Crippen LogP contribution in [-0.2, 0) is 20.6 Å². The fourth-order valence-corrected chi connectivity index (χ4v) is 5.22. The number of carbonyl (C=O) groups is 2. The van der Waals surface area contributed by atoms with E-state index in [1.165, 1.54) is 15.6 Å². The van der Waals surface area contributed by atoms with Gasteiger partial charge in [0.15, 0.2) is 0 Å². The molecule has 28 heavy (non-hydrogen) atoms. The molecule has 1 aromatic heterocycles. The van der Waals surface area contributed by atoms with Gasteiger partial charge >= 0.3 is 0 Å². The zero-order valence-corrected chi connectivity index (χ0v) is 17.2. The summed E-state index contributed by atoms with van der Waals surface area (Å²) in [5.74, 6) is -0.528. The summed E-state index contributed by atoms with van der Waals surface area (Å²) < 4.78 is 26.6. The summed E-state index contributed by atoms with van der Waals surface area (Å²) in [7, 11) is -3.43. The molecule has 7 nitrogen and oxygen atoms in total. The van der Waals surface area contributed by atoms with Crippen LogP contribution in [0.3, 0.4) is 0 Å². The Morgan fingerprint density at radius 3 is 2.36 bits per heavy atom. The minimum Gasteiger partial charge on any atom is -0.340 e. The van der Waals surface area contributed by atoms with Gasteiger partial charge in [0.2, 0.25) is 15.9 Å². The van der Waals surface area contributed by atoms with E-state index in [4.69, 9.17) is 0 Å². The molecule has 1 aliphatic rings. The minimum absolute atomic E-state index is 0.0466. The molecule has 0 bridgehead atoms. The first-order valence-electron chi connectivity index (χ1n) is 9.02. The van der Waals surface area contributed by atoms with Crippen molar-refractivity contribution in [3.05, 3.63) is 58.3 Å². The third-order valence-corrected chi connectivity index (χ3v) is 7.32. The van der Waals surface area contributed by atoms with Gasteiger partial charge in [-0.05, 0) is 23.9 Å². The van der Waals surface area contributed by atoms with Crippen LogP contribution in [0.5, 0.6) is 0 Å². The number of hydrogen-bond donors (Lipinski definition) is 1. The Labute approximate surface area is 169 Å². The summed E-state index contributed by atoms with van der Waals surface area (Å²) in [5.41, 5.74) is 0.742. The normalized spacial score (nSPS) is 16.5. The first-order valence-corrected chi connectivity index (χ1v) is 11.5. The number of thiophene rings is 1. The zero-order valence-electron chi connectivity index (χ0n) is 15.6. The molecule has 2 aromatic rings. The highest BCUT2D eigenvalue weighted by Crippen LogP contribution is 2.14. The van der Waals surface area contributed by atoms with Gasteiger partial charge in [0, 0.05) is 26.2 Å². The molecule has 0 saturated carbocycles. The Morgan fingerprint density at radius 2 is 1.75 bits per heavy atom. The SMILES string of the molecule is CC(NC(=O)c1cccs1)C(=O)N1CCN(S(=O)(=O)Cc2ccccc2)CC1. The maximum atomic E-state index is 12.6. The Morgan fingerprint density at radius 1 is 1.07 bits per heavy atom. The van der Waals surface area contributed by atoms with E-state index < -0.39 is 16.1 Å². The topological polar surface area (TPSA) is 86.8 Å². The van der Waals surface area contributed by atoms with Crippen molar-refractivity contribution in [3.8, 4) is 0 Å². The number of benzene rings is 1. The number of carbonyl (C=O) groups excluding carboxylic acids is 2. The van der Waals surface area contributed by atoms with Crippen LogP contribution in [0.25, 0.3) is 0 Å². The Bertz CT molecular complexity index is 906. The van der Waals surface area contributed by atoms with E-state index in [-0.39, 0.29) is 30.7 Å². The Kier molecular flexibility index (Phi) is 6.48. The zero-order chi connectivity index (χ0) is 20.1. The lowest BCUT2D eigenvalue weighted by Crippen LogP contribution is -2.55. The van der Waals surface area contributed by atoms with Crippen LogP contribution in [0.1, 0.15) is 22.2 Å². The molecule has 1 fully saturated rings. The molecule has 0 aliphatic carbocycles. The second-order valence-electron chi connectivity index (χ2n) is 6.64. The Hall–Kier alpha value is -2.23. The van der Waals surface area contributed by atoms with Crippen LogP contribution in [0.4, 0.5) is 0 Å². The van der Waals surface area contributed by atoms with Gasteiger partial charge < -0.3 is 10.2 Å². The van der Waals surface area contributed by atoms with Gasteiger partial charge in [0.05, 0.1) is 10.6 Å². The van der Waals surface area contributed by atoms with Gasteiger partial charge in [-0.25, -0.2) is 8.42 Å². The van der Waals surface area contributed by atoms with E-state index in [2.05, 4.69) is 5.32 Å². The molecule has 1 atom stereocenters. The molecule has 3 rings (SSSR count). The van der Waals surface area contributed by atoms with Crippen molar-refractivity contribution in [2.45, 2.75) is 18.7 Å². The smallest absolute Gasteiger partial charge is 0.261 e. The molecule has 1 unspecified atom stereocenters. The molecule has 0 radical (unpaired) electrons. The summed E-state index contributed by atoms with van der Waals surface area (Å²) in [6.45, 7) is 2.78. The first kappa shape index (κ1) is 20.5. The molecule has 1 saturated heterocycles. The van der Waals surface area contributed by atoms with Crippen molar-refractivity contribution in [1.82, 2.24) is 14.5 Å². The van der Waals surface area contributed by atoms with Gasteiger partial charge in [0.25, 0.3) is 5.91 Å². The average Bonchev–Trinajstić information content (AvgIpc) is 3.23. The second-order valence-corrected chi connectivity index (χ2v) is 9.56. The molecule has 1 N–H and O–H groups in total. The number of nitrogens with one attached hydrogen (secondary N) is 1. The molecule has 1 aliphatic heterocycles. The van der Waals surface area contributed by atoms with Crippen LogP contribution in [0.2, 0.25) is 0 Å². The van der Waals surface area contributed by atoms with Crippen molar-refractivity contribution in [2.75, 3.05) is 26.2 Å². The molecule has 2 amide bonds. The highest BCUT2D eigenvalue weighted by atomic mass is 32.2. The Balaban J connectivity index is 1.52. The van der Waals surface area contributed by atoms with E-state index in [9.17, 15) is 18.0 Å². The van der Waals surface area contributed by atoms with Crippen LogP contribution >= 0.6 is 11.3 Å². The third kappa shape index (κ3) is 4.98. The van der Waals surface area contributed by atoms with Crippen LogP contribution in [0, 0.1) is 0 Å². The van der Waals surface area contributed by atoms with E-state index in [0.717, 1.165) is 5.56 Å². The van der Waals surface area contributed by atoms with Gasteiger partial charge in [-0.3, -0.25) is 9.59 Å². The maximum Gasteiger partial charge on any atom is 0.261 e. The largest absolute Gasteiger partial charge is 0.340 e. The number of amides is 2. The summed E-state index contributed by atoms with van der Waals surface area (Å²) in [6, 6.07) is 11.9. The first-order chi connectivity index (χ1) is 13.4. The number of nitrogens with zero attached hydrogens (tertiary/aromatic N) is 2. The third-order valence-electron chi connectivity index (χ3n) is 4.60. The lowest BCUT2D eigenvalue weighted by molar-refractivity contribution is -0.134. The van der Waals surface area contributed by atoms with Gasteiger partial charge in [-0.15, -0.1) is 11.3 Å². The maximum absolute atomic E-state index is 12.6. The van der Waals surface area contributed by atoms with E-state index >= 15 is 0 Å². The molecule has 1 aromatic carbocycles. The molecular weight excluding hydrogens is 398 g/mol. The number of hydrogen-bond acceptors (Lipinski definition) is 5. The average molecular weight is 422 g/mol. The van der Waals surface area contributed by atoms with Crippen LogP contribution in [-0.4, -0.2) is 61.7 Å². The monoisotopic (exact) mass is 421 g/mol. The van der Waals surface area contributed by atoms with Crippen molar-refractivity contribution in [2.24, 2.45) is 0 Å². The van der Waals surface area contributed by atoms with Gasteiger partial charge in [-0.1, -0.05) is 36.4 Å². The van der Waals surface area contributed by atoms with Gasteiger partial charge in [-0.2, -0.15) is 4.31 Å². The van der Waals surface area contributed by atoms with E-state index in [1.807, 2.05) is 18.2 Å². The summed E-state index contributed by atoms with van der Waals surface area (Å²) >= 11 is 1.31. The molecule has 150 valence electrons. The van der Waals surface area contributed by atoms with Crippen LogP contribution in [0.15, 0.2) is 47.8 Å². The number of piperazine rings is 1. The quantitative estimate of drug-likeness (QED) is 0.767. The summed E-state index contributed by atoms with van der Waals surface area (Å²) in [6.07, 6.45) is 0. The number of rotatable bonds is 6. The van der Waals surface area contributed by atoms with Crippen LogP contribution < -0.4 is 5.32 Å². The minimum atomic E-state index is -3.43. The molecule has 2 heterocycles. The highest BCUT2D eigenvalue weighted by molar-refractivity contribution is 7.88. The lowest BCUT2D eigenvalue weighted by Gasteiger charge is -2.35. The lowest BCUT2D eigenvalue weighted by atomic mass is 10.2. The van der Waals surface area contributed by atoms with Crippen molar-refractivity contribution < 1.29 is 18.0 Å². The fraction of sp³-hybridized carbons (Fsp3) is 0.368. The highest BCUT2D eigenvalue weighted by Gasteiger charge is 2.31. The number of sulfonamides is 1. The fourth-order valence-electron chi connectivity index (χ4n) is 3.07. The summed E-state index contributed by atoms with van der Waals surface area (Å²) in [5, 5.41) is 4.50.